The van der Waals surface area contributed by atoms with Crippen molar-refractivity contribution >= 4 is 5.91 Å². The number of hydrogen-bond donors (Lipinski definition) is 1. The van der Waals surface area contributed by atoms with Crippen molar-refractivity contribution in [3.8, 4) is 0 Å². The highest BCUT2D eigenvalue weighted by Crippen LogP contribution is 2.32. The van der Waals surface area contributed by atoms with Gasteiger partial charge in [-0.25, -0.2) is 4.79 Å². The van der Waals surface area contributed by atoms with E-state index in [1.807, 2.05) is 17.9 Å². The molecular formula is C22H34N4O3. The van der Waals surface area contributed by atoms with E-state index >= 15 is 0 Å². The molecule has 1 aromatic rings. The molecule has 3 fully saturated rings. The van der Waals surface area contributed by atoms with Crippen LogP contribution in [0.5, 0.6) is 0 Å². The van der Waals surface area contributed by atoms with Gasteiger partial charge in [0.2, 0.25) is 0 Å². The number of nitrogens with zero attached hydrogens (tertiary/aromatic N) is 3. The number of nitrogens with one attached hydrogen (secondary N) is 1. The van der Waals surface area contributed by atoms with Gasteiger partial charge < -0.3 is 19.5 Å². The summed E-state index contributed by atoms with van der Waals surface area (Å²) < 4.78 is 5.62. The molecule has 1 spiro atoms. The van der Waals surface area contributed by atoms with Gasteiger partial charge in [0.15, 0.2) is 0 Å². The number of amides is 1. The minimum atomic E-state index is -0.481. The summed E-state index contributed by atoms with van der Waals surface area (Å²) in [7, 11) is 4.37. The van der Waals surface area contributed by atoms with Crippen LogP contribution in [-0.2, 0) is 0 Å². The molecule has 1 N–H and O–H groups in total. The second-order valence-electron chi connectivity index (χ2n) is 9.21. The fourth-order valence-corrected chi connectivity index (χ4v) is 5.27. The molecule has 0 saturated carbocycles. The summed E-state index contributed by atoms with van der Waals surface area (Å²) in [5, 5.41) is 3.35. The molecule has 7 nitrogen and oxygen atoms in total. The molecular weight excluding hydrogens is 368 g/mol. The third-order valence-electron chi connectivity index (χ3n) is 7.25. The van der Waals surface area contributed by atoms with Gasteiger partial charge >= 0.3 is 5.63 Å². The lowest BCUT2D eigenvalue weighted by atomic mass is 9.83. The predicted molar refractivity (Wildman–Crippen MR) is 113 cm³/mol. The molecule has 4 heterocycles. The Labute approximate surface area is 173 Å². The third kappa shape index (κ3) is 4.00. The van der Waals surface area contributed by atoms with E-state index in [2.05, 4.69) is 29.2 Å². The van der Waals surface area contributed by atoms with Crippen LogP contribution >= 0.6 is 0 Å². The standard InChI is InChI=1S/C22H34N4O3/c1-16-13-18(17-5-4-8-23-14-17)29-21(28)19(16)20(27)26-9-6-22(7-10-26)15-24(2)11-12-25(22)3/h13,17,23H,4-12,14-15H2,1-3H3. The molecule has 1 aromatic heterocycles. The van der Waals surface area contributed by atoms with Gasteiger partial charge in [0, 0.05) is 50.7 Å². The maximum Gasteiger partial charge on any atom is 0.349 e. The van der Waals surface area contributed by atoms with E-state index in [9.17, 15) is 9.59 Å². The average molecular weight is 403 g/mol. The van der Waals surface area contributed by atoms with E-state index in [0.717, 1.165) is 64.0 Å². The number of hydrogen-bond acceptors (Lipinski definition) is 6. The lowest BCUT2D eigenvalue weighted by molar-refractivity contribution is -0.0158. The molecule has 0 aromatic carbocycles. The second-order valence-corrected chi connectivity index (χ2v) is 9.21. The molecule has 3 aliphatic heterocycles. The van der Waals surface area contributed by atoms with Gasteiger partial charge in [0.25, 0.3) is 5.91 Å². The number of carbonyl (C=O) groups excluding carboxylic acids is 1. The zero-order valence-corrected chi connectivity index (χ0v) is 18.0. The van der Waals surface area contributed by atoms with E-state index in [-0.39, 0.29) is 22.9 Å². The van der Waals surface area contributed by atoms with Gasteiger partial charge in [-0.15, -0.1) is 0 Å². The van der Waals surface area contributed by atoms with Crippen LogP contribution in [-0.4, -0.2) is 86.1 Å². The van der Waals surface area contributed by atoms with E-state index < -0.39 is 5.63 Å². The minimum Gasteiger partial charge on any atom is -0.427 e. The number of rotatable bonds is 2. The Morgan fingerprint density at radius 2 is 1.97 bits per heavy atom. The molecule has 0 aliphatic carbocycles. The van der Waals surface area contributed by atoms with Crippen molar-refractivity contribution in [1.82, 2.24) is 20.0 Å². The number of likely N-dealkylation sites (N-methyl/N-ethyl adjacent to an activating group) is 2. The highest BCUT2D eigenvalue weighted by atomic mass is 16.4. The lowest BCUT2D eigenvalue weighted by Gasteiger charge is -2.52. The summed E-state index contributed by atoms with van der Waals surface area (Å²) in [4.78, 5) is 32.6. The van der Waals surface area contributed by atoms with Gasteiger partial charge in [-0.3, -0.25) is 9.69 Å². The smallest absolute Gasteiger partial charge is 0.349 e. The van der Waals surface area contributed by atoms with Gasteiger partial charge in [-0.05, 0) is 64.9 Å². The van der Waals surface area contributed by atoms with Gasteiger partial charge in [0.05, 0.1) is 0 Å². The zero-order chi connectivity index (χ0) is 20.6. The normalized spacial score (nSPS) is 26.0. The fraction of sp³-hybridized carbons (Fsp3) is 0.727. The Bertz CT molecular complexity index is 807. The largest absolute Gasteiger partial charge is 0.427 e. The molecule has 0 radical (unpaired) electrons. The first-order chi connectivity index (χ1) is 13.9. The molecule has 3 saturated heterocycles. The lowest BCUT2D eigenvalue weighted by Crippen LogP contribution is -2.64. The number of piperidine rings is 2. The van der Waals surface area contributed by atoms with E-state index in [0.29, 0.717) is 18.8 Å². The fourth-order valence-electron chi connectivity index (χ4n) is 5.27. The van der Waals surface area contributed by atoms with E-state index in [1.54, 1.807) is 0 Å². The topological polar surface area (TPSA) is 69.0 Å². The number of likely N-dealkylation sites (tertiary alicyclic amines) is 1. The molecule has 1 unspecified atom stereocenters. The van der Waals surface area contributed by atoms with Gasteiger partial charge in [-0.1, -0.05) is 0 Å². The maximum atomic E-state index is 13.2. The van der Waals surface area contributed by atoms with Crippen molar-refractivity contribution in [2.75, 3.05) is 59.9 Å². The van der Waals surface area contributed by atoms with Crippen LogP contribution in [0.2, 0.25) is 0 Å². The highest BCUT2D eigenvalue weighted by Gasteiger charge is 2.42. The van der Waals surface area contributed by atoms with Crippen molar-refractivity contribution in [3.05, 3.63) is 33.4 Å². The molecule has 7 heteroatoms. The minimum absolute atomic E-state index is 0.140. The van der Waals surface area contributed by atoms with Crippen molar-refractivity contribution in [1.29, 1.82) is 0 Å². The van der Waals surface area contributed by atoms with Gasteiger partial charge in [0.1, 0.15) is 11.3 Å². The summed E-state index contributed by atoms with van der Waals surface area (Å²) >= 11 is 0. The first-order valence-corrected chi connectivity index (χ1v) is 10.9. The van der Waals surface area contributed by atoms with Crippen LogP contribution in [0.15, 0.2) is 15.3 Å². The van der Waals surface area contributed by atoms with Crippen LogP contribution in [0.25, 0.3) is 0 Å². The molecule has 4 rings (SSSR count). The van der Waals surface area contributed by atoms with Crippen LogP contribution in [0.1, 0.15) is 53.3 Å². The molecule has 160 valence electrons. The van der Waals surface area contributed by atoms with E-state index in [1.165, 1.54) is 0 Å². The molecule has 0 bridgehead atoms. The average Bonchev–Trinajstić information content (AvgIpc) is 2.71. The van der Waals surface area contributed by atoms with Crippen molar-refractivity contribution in [3.63, 3.8) is 0 Å². The number of piperazine rings is 1. The number of aryl methyl sites for hydroxylation is 1. The van der Waals surface area contributed by atoms with Crippen LogP contribution in [0, 0.1) is 6.92 Å². The Hall–Kier alpha value is -1.70. The summed E-state index contributed by atoms with van der Waals surface area (Å²) in [6.45, 7) is 8.25. The monoisotopic (exact) mass is 402 g/mol. The van der Waals surface area contributed by atoms with Crippen LogP contribution in [0.3, 0.4) is 0 Å². The van der Waals surface area contributed by atoms with Crippen molar-refractivity contribution in [2.45, 2.75) is 44.1 Å². The molecule has 1 atom stereocenters. The van der Waals surface area contributed by atoms with Crippen LogP contribution < -0.4 is 10.9 Å². The Balaban J connectivity index is 1.48. The number of carbonyl (C=O) groups is 1. The Kier molecular flexibility index (Phi) is 5.82. The first-order valence-electron chi connectivity index (χ1n) is 10.9. The van der Waals surface area contributed by atoms with E-state index in [4.69, 9.17) is 4.42 Å². The molecule has 29 heavy (non-hydrogen) atoms. The second kappa shape index (κ2) is 8.20. The zero-order valence-electron chi connectivity index (χ0n) is 18.0. The van der Waals surface area contributed by atoms with Gasteiger partial charge in [-0.2, -0.15) is 0 Å². The molecule has 1 amide bonds. The quantitative estimate of drug-likeness (QED) is 0.804. The summed E-state index contributed by atoms with van der Waals surface area (Å²) in [6.07, 6.45) is 3.97. The maximum absolute atomic E-state index is 13.2. The van der Waals surface area contributed by atoms with Crippen molar-refractivity contribution in [2.24, 2.45) is 0 Å². The Morgan fingerprint density at radius 1 is 1.21 bits per heavy atom. The highest BCUT2D eigenvalue weighted by molar-refractivity contribution is 5.95. The Morgan fingerprint density at radius 3 is 2.62 bits per heavy atom. The third-order valence-corrected chi connectivity index (χ3v) is 7.25. The van der Waals surface area contributed by atoms with Crippen molar-refractivity contribution < 1.29 is 9.21 Å². The predicted octanol–water partition coefficient (Wildman–Crippen LogP) is 1.27. The van der Waals surface area contributed by atoms with Crippen LogP contribution in [0.4, 0.5) is 0 Å². The SMILES string of the molecule is Cc1cc(C2CCCNC2)oc(=O)c1C(=O)N1CCC2(CC1)CN(C)CCN2C. The first kappa shape index (κ1) is 20.6. The molecule has 3 aliphatic rings. The summed E-state index contributed by atoms with van der Waals surface area (Å²) in [5.74, 6) is 0.750. The summed E-state index contributed by atoms with van der Waals surface area (Å²) in [5.41, 5.74) is 0.607. The summed E-state index contributed by atoms with van der Waals surface area (Å²) in [6, 6.07) is 1.90.